The summed E-state index contributed by atoms with van der Waals surface area (Å²) >= 11 is 0. The van der Waals surface area contributed by atoms with E-state index in [-0.39, 0.29) is 11.5 Å². The number of hydrogen-bond acceptors (Lipinski definition) is 3. The summed E-state index contributed by atoms with van der Waals surface area (Å²) in [5, 5.41) is 11.5. The van der Waals surface area contributed by atoms with Gasteiger partial charge >= 0.3 is 5.97 Å². The Labute approximate surface area is 116 Å². The second kappa shape index (κ2) is 5.97. The highest BCUT2D eigenvalue weighted by Crippen LogP contribution is 2.20. The van der Waals surface area contributed by atoms with Gasteiger partial charge in [0.15, 0.2) is 0 Å². The molecule has 0 atom stereocenters. The fourth-order valence-electron chi connectivity index (χ4n) is 1.77. The van der Waals surface area contributed by atoms with Crippen LogP contribution in [0.5, 0.6) is 0 Å². The van der Waals surface area contributed by atoms with Crippen LogP contribution in [0.25, 0.3) is 11.1 Å². The third-order valence-corrected chi connectivity index (χ3v) is 2.80. The second-order valence-electron chi connectivity index (χ2n) is 4.33. The van der Waals surface area contributed by atoms with Crippen molar-refractivity contribution in [3.63, 3.8) is 0 Å². The maximum atomic E-state index is 10.9. The number of rotatable bonds is 4. The Hall–Kier alpha value is -2.69. The maximum absolute atomic E-state index is 10.9. The molecule has 0 aliphatic rings. The lowest BCUT2D eigenvalue weighted by atomic mass is 10.0. The van der Waals surface area contributed by atoms with Crippen molar-refractivity contribution in [1.82, 2.24) is 10.3 Å². The summed E-state index contributed by atoms with van der Waals surface area (Å²) in [6.07, 6.45) is 1.66. The van der Waals surface area contributed by atoms with Crippen molar-refractivity contribution in [3.05, 3.63) is 53.9 Å². The largest absolute Gasteiger partial charge is 0.478 e. The summed E-state index contributed by atoms with van der Waals surface area (Å²) in [4.78, 5) is 25.9. The predicted octanol–water partition coefficient (Wildman–Crippen LogP) is 2.08. The van der Waals surface area contributed by atoms with Crippen LogP contribution < -0.4 is 5.32 Å². The molecule has 0 saturated carbocycles. The Morgan fingerprint density at radius 2 is 1.85 bits per heavy atom. The number of carboxylic acid groups (broad SMARTS) is 1. The van der Waals surface area contributed by atoms with Crippen LogP contribution in [0.1, 0.15) is 23.0 Å². The maximum Gasteiger partial charge on any atom is 0.335 e. The molecular weight excluding hydrogens is 256 g/mol. The van der Waals surface area contributed by atoms with E-state index in [4.69, 9.17) is 5.11 Å². The van der Waals surface area contributed by atoms with Crippen LogP contribution in [-0.2, 0) is 11.3 Å². The lowest BCUT2D eigenvalue weighted by Crippen LogP contribution is -2.19. The van der Waals surface area contributed by atoms with Crippen molar-refractivity contribution in [1.29, 1.82) is 0 Å². The average molecular weight is 270 g/mol. The molecule has 0 radical (unpaired) electrons. The van der Waals surface area contributed by atoms with Crippen molar-refractivity contribution in [2.75, 3.05) is 0 Å². The van der Waals surface area contributed by atoms with Crippen molar-refractivity contribution in [2.24, 2.45) is 0 Å². The monoisotopic (exact) mass is 270 g/mol. The van der Waals surface area contributed by atoms with E-state index in [0.717, 1.165) is 16.8 Å². The molecule has 5 nitrogen and oxygen atoms in total. The Morgan fingerprint density at radius 1 is 1.15 bits per heavy atom. The minimum Gasteiger partial charge on any atom is -0.478 e. The molecular formula is C15H14N2O3. The second-order valence-corrected chi connectivity index (χ2v) is 4.33. The lowest BCUT2D eigenvalue weighted by Gasteiger charge is -2.06. The number of hydrogen-bond donors (Lipinski definition) is 2. The SMILES string of the molecule is CC(=O)NCc1cc(-c2ccc(C(=O)O)cc2)ccn1. The van der Waals surface area contributed by atoms with Crippen LogP contribution in [0.15, 0.2) is 42.6 Å². The van der Waals surface area contributed by atoms with Crippen LogP contribution in [0.3, 0.4) is 0 Å². The highest BCUT2D eigenvalue weighted by atomic mass is 16.4. The van der Waals surface area contributed by atoms with E-state index in [1.54, 1.807) is 30.5 Å². The number of benzene rings is 1. The summed E-state index contributed by atoms with van der Waals surface area (Å²) in [7, 11) is 0. The number of nitrogens with one attached hydrogen (secondary N) is 1. The third kappa shape index (κ3) is 3.41. The molecule has 0 aliphatic heterocycles. The molecule has 2 rings (SSSR count). The number of carbonyl (C=O) groups is 2. The fraction of sp³-hybridized carbons (Fsp3) is 0.133. The molecule has 0 saturated heterocycles. The fourth-order valence-corrected chi connectivity index (χ4v) is 1.77. The standard InChI is InChI=1S/C15H14N2O3/c1-10(18)17-9-14-8-13(6-7-16-14)11-2-4-12(5-3-11)15(19)20/h2-8H,9H2,1H3,(H,17,18)(H,19,20). The van der Waals surface area contributed by atoms with E-state index in [1.807, 2.05) is 12.1 Å². The molecule has 0 spiro atoms. The van der Waals surface area contributed by atoms with Gasteiger partial charge in [0.25, 0.3) is 0 Å². The minimum absolute atomic E-state index is 0.108. The number of amides is 1. The molecule has 0 aliphatic carbocycles. The smallest absolute Gasteiger partial charge is 0.335 e. The summed E-state index contributed by atoms with van der Waals surface area (Å²) in [5.74, 6) is -1.05. The van der Waals surface area contributed by atoms with E-state index < -0.39 is 5.97 Å². The van der Waals surface area contributed by atoms with E-state index in [9.17, 15) is 9.59 Å². The highest BCUT2D eigenvalue weighted by Gasteiger charge is 2.04. The van der Waals surface area contributed by atoms with Gasteiger partial charge in [0.2, 0.25) is 5.91 Å². The van der Waals surface area contributed by atoms with Gasteiger partial charge in [0.05, 0.1) is 17.8 Å². The third-order valence-electron chi connectivity index (χ3n) is 2.80. The Bertz CT molecular complexity index is 636. The molecule has 102 valence electrons. The van der Waals surface area contributed by atoms with Gasteiger partial charge in [-0.15, -0.1) is 0 Å². The molecule has 0 unspecified atom stereocenters. The molecule has 20 heavy (non-hydrogen) atoms. The summed E-state index contributed by atoms with van der Waals surface area (Å²) in [6, 6.07) is 10.3. The topological polar surface area (TPSA) is 79.3 Å². The van der Waals surface area contributed by atoms with Crippen LogP contribution >= 0.6 is 0 Å². The summed E-state index contributed by atoms with van der Waals surface area (Å²) in [5.41, 5.74) is 2.83. The zero-order valence-electron chi connectivity index (χ0n) is 11.0. The molecule has 1 heterocycles. The quantitative estimate of drug-likeness (QED) is 0.891. The first-order chi connectivity index (χ1) is 9.56. The van der Waals surface area contributed by atoms with Gasteiger partial charge in [-0.05, 0) is 35.4 Å². The minimum atomic E-state index is -0.947. The average Bonchev–Trinajstić information content (AvgIpc) is 2.45. The molecule has 5 heteroatoms. The number of nitrogens with zero attached hydrogens (tertiary/aromatic N) is 1. The first-order valence-corrected chi connectivity index (χ1v) is 6.09. The Morgan fingerprint density at radius 3 is 2.45 bits per heavy atom. The van der Waals surface area contributed by atoms with Crippen molar-refractivity contribution >= 4 is 11.9 Å². The van der Waals surface area contributed by atoms with Gasteiger partial charge < -0.3 is 10.4 Å². The van der Waals surface area contributed by atoms with Crippen LogP contribution in [0, 0.1) is 0 Å². The number of carboxylic acids is 1. The molecule has 2 aromatic rings. The van der Waals surface area contributed by atoms with E-state index >= 15 is 0 Å². The van der Waals surface area contributed by atoms with E-state index in [0.29, 0.717) is 6.54 Å². The lowest BCUT2D eigenvalue weighted by molar-refractivity contribution is -0.119. The molecule has 1 amide bonds. The van der Waals surface area contributed by atoms with Crippen LogP contribution in [0.2, 0.25) is 0 Å². The molecule has 1 aromatic heterocycles. The molecule has 1 aromatic carbocycles. The normalized spacial score (nSPS) is 10.1. The number of aromatic nitrogens is 1. The predicted molar refractivity (Wildman–Crippen MR) is 74.2 cm³/mol. The Balaban J connectivity index is 2.21. The van der Waals surface area contributed by atoms with Gasteiger partial charge in [-0.1, -0.05) is 12.1 Å². The zero-order chi connectivity index (χ0) is 14.5. The van der Waals surface area contributed by atoms with Crippen LogP contribution in [0.4, 0.5) is 0 Å². The Kier molecular flexibility index (Phi) is 4.10. The highest BCUT2D eigenvalue weighted by molar-refractivity contribution is 5.88. The van der Waals surface area contributed by atoms with Crippen molar-refractivity contribution in [2.45, 2.75) is 13.5 Å². The number of aromatic carboxylic acids is 1. The van der Waals surface area contributed by atoms with Gasteiger partial charge in [-0.3, -0.25) is 9.78 Å². The van der Waals surface area contributed by atoms with Gasteiger partial charge in [-0.2, -0.15) is 0 Å². The van der Waals surface area contributed by atoms with Gasteiger partial charge in [0.1, 0.15) is 0 Å². The number of carbonyl (C=O) groups excluding carboxylic acids is 1. The molecule has 0 fully saturated rings. The zero-order valence-corrected chi connectivity index (χ0v) is 11.0. The van der Waals surface area contributed by atoms with Gasteiger partial charge in [0, 0.05) is 13.1 Å². The summed E-state index contributed by atoms with van der Waals surface area (Å²) < 4.78 is 0. The van der Waals surface area contributed by atoms with E-state index in [1.165, 1.54) is 6.92 Å². The van der Waals surface area contributed by atoms with Crippen LogP contribution in [-0.4, -0.2) is 22.0 Å². The molecule has 2 N–H and O–H groups in total. The van der Waals surface area contributed by atoms with Crippen molar-refractivity contribution in [3.8, 4) is 11.1 Å². The van der Waals surface area contributed by atoms with E-state index in [2.05, 4.69) is 10.3 Å². The molecule has 0 bridgehead atoms. The number of pyridine rings is 1. The summed E-state index contributed by atoms with van der Waals surface area (Å²) in [6.45, 7) is 1.82. The van der Waals surface area contributed by atoms with Crippen molar-refractivity contribution < 1.29 is 14.7 Å². The van der Waals surface area contributed by atoms with Gasteiger partial charge in [-0.25, -0.2) is 4.79 Å². The first kappa shape index (κ1) is 13.7. The first-order valence-electron chi connectivity index (χ1n) is 6.09.